The summed E-state index contributed by atoms with van der Waals surface area (Å²) in [6.07, 6.45) is -4.31. The fraction of sp³-hybridized carbons (Fsp3) is 0.714. The molecule has 0 radical (unpaired) electrons. The zero-order valence-corrected chi connectivity index (χ0v) is 8.39. The van der Waals surface area contributed by atoms with Crippen molar-refractivity contribution in [3.8, 4) is 0 Å². The van der Waals surface area contributed by atoms with E-state index < -0.39 is 12.7 Å². The van der Waals surface area contributed by atoms with Crippen LogP contribution in [0.2, 0.25) is 5.28 Å². The Balaban J connectivity index is 3.00. The summed E-state index contributed by atoms with van der Waals surface area (Å²) in [4.78, 5) is 0. The summed E-state index contributed by atoms with van der Waals surface area (Å²) in [7, 11) is 0. The lowest BCUT2D eigenvalue weighted by atomic mass is 10.2. The Morgan fingerprint density at radius 2 is 1.93 bits per heavy atom. The van der Waals surface area contributed by atoms with Crippen LogP contribution < -0.4 is 0 Å². The molecule has 0 aliphatic carbocycles. The van der Waals surface area contributed by atoms with Gasteiger partial charge in [-0.3, -0.25) is 4.57 Å². The maximum Gasteiger partial charge on any atom is 0.406 e. The van der Waals surface area contributed by atoms with Crippen LogP contribution in [0, 0.1) is 0 Å². The Morgan fingerprint density at radius 3 is 2.36 bits per heavy atom. The summed E-state index contributed by atoms with van der Waals surface area (Å²) in [6, 6.07) is 0. The number of hydrogen-bond donors (Lipinski definition) is 0. The van der Waals surface area contributed by atoms with Crippen molar-refractivity contribution in [1.82, 2.24) is 14.8 Å². The van der Waals surface area contributed by atoms with Gasteiger partial charge in [0.1, 0.15) is 12.4 Å². The molecule has 0 aliphatic rings. The summed E-state index contributed by atoms with van der Waals surface area (Å²) < 4.78 is 37.2. The highest BCUT2D eigenvalue weighted by atomic mass is 35.5. The van der Waals surface area contributed by atoms with E-state index in [0.717, 1.165) is 4.57 Å². The molecule has 0 spiro atoms. The van der Waals surface area contributed by atoms with Gasteiger partial charge in [-0.2, -0.15) is 13.2 Å². The van der Waals surface area contributed by atoms with Gasteiger partial charge >= 0.3 is 6.18 Å². The minimum Gasteiger partial charge on any atom is -0.292 e. The van der Waals surface area contributed by atoms with Gasteiger partial charge in [-0.15, -0.1) is 10.2 Å². The lowest BCUT2D eigenvalue weighted by Crippen LogP contribution is -2.20. The second-order valence-corrected chi connectivity index (χ2v) is 3.52. The van der Waals surface area contributed by atoms with Crippen LogP contribution in [0.25, 0.3) is 0 Å². The Kier molecular flexibility index (Phi) is 3.04. The van der Waals surface area contributed by atoms with E-state index in [0.29, 0.717) is 0 Å². The molecule has 0 fully saturated rings. The van der Waals surface area contributed by atoms with Gasteiger partial charge in [-0.1, -0.05) is 13.8 Å². The van der Waals surface area contributed by atoms with Gasteiger partial charge in [-0.25, -0.2) is 0 Å². The number of aromatic nitrogens is 3. The largest absolute Gasteiger partial charge is 0.406 e. The molecular formula is C7H9ClF3N3. The highest BCUT2D eigenvalue weighted by Crippen LogP contribution is 2.23. The molecule has 0 N–H and O–H groups in total. The molecule has 1 aromatic heterocycles. The molecule has 14 heavy (non-hydrogen) atoms. The van der Waals surface area contributed by atoms with Crippen molar-refractivity contribution in [3.05, 3.63) is 11.1 Å². The van der Waals surface area contributed by atoms with E-state index in [4.69, 9.17) is 11.6 Å². The SMILES string of the molecule is CC(C)c1nnc(Cl)n1CC(F)(F)F. The van der Waals surface area contributed by atoms with E-state index in [-0.39, 0.29) is 17.0 Å². The average molecular weight is 228 g/mol. The first-order chi connectivity index (χ1) is 6.31. The smallest absolute Gasteiger partial charge is 0.292 e. The molecule has 0 unspecified atom stereocenters. The summed E-state index contributed by atoms with van der Waals surface area (Å²) >= 11 is 5.48. The van der Waals surface area contributed by atoms with Crippen molar-refractivity contribution >= 4 is 11.6 Å². The van der Waals surface area contributed by atoms with Crippen LogP contribution in [0.15, 0.2) is 0 Å². The van der Waals surface area contributed by atoms with Crippen LogP contribution in [-0.4, -0.2) is 20.9 Å². The van der Waals surface area contributed by atoms with Crippen molar-refractivity contribution in [1.29, 1.82) is 0 Å². The molecule has 3 nitrogen and oxygen atoms in total. The standard InChI is InChI=1S/C7H9ClF3N3/c1-4(2)5-12-13-6(8)14(5)3-7(9,10)11/h4H,3H2,1-2H3. The maximum atomic E-state index is 12.1. The highest BCUT2D eigenvalue weighted by molar-refractivity contribution is 6.28. The summed E-state index contributed by atoms with van der Waals surface area (Å²) in [5.41, 5.74) is 0. The van der Waals surface area contributed by atoms with Crippen LogP contribution in [-0.2, 0) is 6.54 Å². The predicted octanol–water partition coefficient (Wildman–Crippen LogP) is 2.62. The minimum absolute atomic E-state index is 0.141. The summed E-state index contributed by atoms with van der Waals surface area (Å²) in [6.45, 7) is 2.31. The lowest BCUT2D eigenvalue weighted by Gasteiger charge is -2.11. The normalized spacial score (nSPS) is 12.5. The Hall–Kier alpha value is -0.780. The average Bonchev–Trinajstić information content (AvgIpc) is 2.29. The molecule has 80 valence electrons. The molecule has 0 atom stereocenters. The van der Waals surface area contributed by atoms with E-state index in [2.05, 4.69) is 10.2 Å². The molecule has 0 aliphatic heterocycles. The van der Waals surface area contributed by atoms with Crippen molar-refractivity contribution in [2.75, 3.05) is 0 Å². The Morgan fingerprint density at radius 1 is 1.36 bits per heavy atom. The number of rotatable bonds is 2. The molecule has 0 bridgehead atoms. The van der Waals surface area contributed by atoms with E-state index in [1.54, 1.807) is 13.8 Å². The molecule has 1 aromatic rings. The maximum absolute atomic E-state index is 12.1. The number of halogens is 4. The van der Waals surface area contributed by atoms with Gasteiger partial charge in [0.15, 0.2) is 0 Å². The molecule has 0 aromatic carbocycles. The fourth-order valence-electron chi connectivity index (χ4n) is 1.05. The monoisotopic (exact) mass is 227 g/mol. The third-order valence-electron chi connectivity index (χ3n) is 1.59. The molecule has 1 rings (SSSR count). The molecular weight excluding hydrogens is 219 g/mol. The highest BCUT2D eigenvalue weighted by Gasteiger charge is 2.31. The van der Waals surface area contributed by atoms with Crippen LogP contribution >= 0.6 is 11.6 Å². The van der Waals surface area contributed by atoms with Crippen molar-refractivity contribution in [2.24, 2.45) is 0 Å². The molecule has 1 heterocycles. The first kappa shape index (κ1) is 11.3. The van der Waals surface area contributed by atoms with Gasteiger partial charge in [0.05, 0.1) is 0 Å². The third-order valence-corrected chi connectivity index (χ3v) is 1.87. The van der Waals surface area contributed by atoms with Gasteiger partial charge in [0.2, 0.25) is 5.28 Å². The zero-order valence-electron chi connectivity index (χ0n) is 7.64. The Bertz CT molecular complexity index is 318. The van der Waals surface area contributed by atoms with Crippen LogP contribution in [0.1, 0.15) is 25.6 Å². The number of alkyl halides is 3. The van der Waals surface area contributed by atoms with E-state index in [1.165, 1.54) is 0 Å². The van der Waals surface area contributed by atoms with Gasteiger partial charge in [0.25, 0.3) is 0 Å². The topological polar surface area (TPSA) is 30.7 Å². The molecule has 0 saturated heterocycles. The fourth-order valence-corrected chi connectivity index (χ4v) is 1.23. The van der Waals surface area contributed by atoms with Crippen LogP contribution in [0.3, 0.4) is 0 Å². The Labute approximate surface area is 83.9 Å². The minimum atomic E-state index is -4.31. The van der Waals surface area contributed by atoms with Crippen molar-refractivity contribution in [2.45, 2.75) is 32.5 Å². The van der Waals surface area contributed by atoms with Crippen molar-refractivity contribution < 1.29 is 13.2 Å². The van der Waals surface area contributed by atoms with E-state index >= 15 is 0 Å². The zero-order chi connectivity index (χ0) is 10.9. The number of nitrogens with zero attached hydrogens (tertiary/aromatic N) is 3. The molecule has 7 heteroatoms. The predicted molar refractivity (Wildman–Crippen MR) is 45.2 cm³/mol. The summed E-state index contributed by atoms with van der Waals surface area (Å²) in [5.74, 6) is 0.102. The van der Waals surface area contributed by atoms with Gasteiger partial charge in [-0.05, 0) is 11.6 Å². The first-order valence-electron chi connectivity index (χ1n) is 3.96. The second-order valence-electron chi connectivity index (χ2n) is 3.18. The van der Waals surface area contributed by atoms with Gasteiger partial charge in [0, 0.05) is 5.92 Å². The van der Waals surface area contributed by atoms with E-state index in [1.807, 2.05) is 0 Å². The quantitative estimate of drug-likeness (QED) is 0.778. The van der Waals surface area contributed by atoms with Crippen molar-refractivity contribution in [3.63, 3.8) is 0 Å². The second kappa shape index (κ2) is 3.76. The lowest BCUT2D eigenvalue weighted by molar-refractivity contribution is -0.141. The first-order valence-corrected chi connectivity index (χ1v) is 4.34. The summed E-state index contributed by atoms with van der Waals surface area (Å²) in [5, 5.41) is 6.75. The van der Waals surface area contributed by atoms with Crippen LogP contribution in [0.5, 0.6) is 0 Å². The van der Waals surface area contributed by atoms with Gasteiger partial charge < -0.3 is 0 Å². The van der Waals surface area contributed by atoms with Crippen LogP contribution in [0.4, 0.5) is 13.2 Å². The number of hydrogen-bond acceptors (Lipinski definition) is 2. The third kappa shape index (κ3) is 2.60. The molecule has 0 saturated carbocycles. The van der Waals surface area contributed by atoms with E-state index in [9.17, 15) is 13.2 Å². The molecule has 0 amide bonds.